The van der Waals surface area contributed by atoms with E-state index in [1.165, 1.54) is 5.56 Å². The Kier molecular flexibility index (Phi) is 6.07. The molecule has 0 saturated carbocycles. The molecule has 1 aromatic carbocycles. The number of hydrogen-bond donors (Lipinski definition) is 1. The zero-order valence-corrected chi connectivity index (χ0v) is 18.5. The molecule has 4 rings (SSSR count). The fraction of sp³-hybridized carbons (Fsp3) is 0.400. The SMILES string of the molecule is CC(C)(C)c1ncc(C(=O)N2CCCC2Cc2ccccc2)c(NCc2ccco2)n1. The van der Waals surface area contributed by atoms with E-state index < -0.39 is 0 Å². The lowest BCUT2D eigenvalue weighted by atomic mass is 9.95. The summed E-state index contributed by atoms with van der Waals surface area (Å²) in [7, 11) is 0. The highest BCUT2D eigenvalue weighted by Gasteiger charge is 2.32. The van der Waals surface area contributed by atoms with Crippen LogP contribution in [0.3, 0.4) is 0 Å². The highest BCUT2D eigenvalue weighted by molar-refractivity contribution is 5.98. The van der Waals surface area contributed by atoms with Crippen LogP contribution >= 0.6 is 0 Å². The van der Waals surface area contributed by atoms with Gasteiger partial charge >= 0.3 is 0 Å². The zero-order chi connectivity index (χ0) is 21.8. The van der Waals surface area contributed by atoms with Crippen LogP contribution < -0.4 is 5.32 Å². The first kappa shape index (κ1) is 21.1. The Balaban J connectivity index is 1.59. The lowest BCUT2D eigenvalue weighted by molar-refractivity contribution is 0.0736. The summed E-state index contributed by atoms with van der Waals surface area (Å²) in [5.41, 5.74) is 1.55. The maximum Gasteiger partial charge on any atom is 0.259 e. The largest absolute Gasteiger partial charge is 0.467 e. The molecule has 2 aromatic heterocycles. The second kappa shape index (κ2) is 8.92. The van der Waals surface area contributed by atoms with E-state index in [1.54, 1.807) is 12.5 Å². The summed E-state index contributed by atoms with van der Waals surface area (Å²) in [6.07, 6.45) is 6.21. The van der Waals surface area contributed by atoms with Crippen LogP contribution in [0.4, 0.5) is 5.82 Å². The first-order valence-corrected chi connectivity index (χ1v) is 10.9. The van der Waals surface area contributed by atoms with Gasteiger partial charge in [0, 0.05) is 24.2 Å². The van der Waals surface area contributed by atoms with Crippen LogP contribution in [0.2, 0.25) is 0 Å². The molecule has 0 radical (unpaired) electrons. The third-order valence-corrected chi connectivity index (χ3v) is 5.65. The minimum absolute atomic E-state index is 0.0131. The summed E-state index contributed by atoms with van der Waals surface area (Å²) in [6.45, 7) is 7.42. The van der Waals surface area contributed by atoms with Gasteiger partial charge in [-0.05, 0) is 37.0 Å². The second-order valence-corrected chi connectivity index (χ2v) is 9.12. The molecule has 1 amide bonds. The Morgan fingerprint density at radius 3 is 2.71 bits per heavy atom. The Labute approximate surface area is 183 Å². The van der Waals surface area contributed by atoms with Crippen molar-refractivity contribution in [1.29, 1.82) is 0 Å². The van der Waals surface area contributed by atoms with Crippen LogP contribution in [0.1, 0.15) is 61.1 Å². The van der Waals surface area contributed by atoms with Gasteiger partial charge in [0.15, 0.2) is 0 Å². The van der Waals surface area contributed by atoms with E-state index in [-0.39, 0.29) is 17.4 Å². The fourth-order valence-corrected chi connectivity index (χ4v) is 3.97. The van der Waals surface area contributed by atoms with E-state index in [1.807, 2.05) is 35.2 Å². The summed E-state index contributed by atoms with van der Waals surface area (Å²) in [6, 6.07) is 14.3. The van der Waals surface area contributed by atoms with Crippen LogP contribution in [0.5, 0.6) is 0 Å². The van der Waals surface area contributed by atoms with Gasteiger partial charge < -0.3 is 14.6 Å². The number of anilines is 1. The highest BCUT2D eigenvalue weighted by Crippen LogP contribution is 2.27. The molecule has 1 atom stereocenters. The predicted octanol–water partition coefficient (Wildman–Crippen LogP) is 4.83. The molecule has 0 spiro atoms. The number of likely N-dealkylation sites (tertiary alicyclic amines) is 1. The molecule has 1 saturated heterocycles. The van der Waals surface area contributed by atoms with Crippen molar-refractivity contribution < 1.29 is 9.21 Å². The maximum atomic E-state index is 13.6. The number of furan rings is 1. The topological polar surface area (TPSA) is 71.3 Å². The van der Waals surface area contributed by atoms with E-state index in [9.17, 15) is 4.79 Å². The van der Waals surface area contributed by atoms with Gasteiger partial charge in [-0.25, -0.2) is 9.97 Å². The summed E-state index contributed by atoms with van der Waals surface area (Å²) < 4.78 is 5.44. The third kappa shape index (κ3) is 4.95. The lowest BCUT2D eigenvalue weighted by Gasteiger charge is -2.26. The molecule has 0 aliphatic carbocycles. The predicted molar refractivity (Wildman–Crippen MR) is 121 cm³/mol. The number of hydrogen-bond acceptors (Lipinski definition) is 5. The number of carbonyl (C=O) groups is 1. The van der Waals surface area contributed by atoms with Gasteiger partial charge in [0.25, 0.3) is 5.91 Å². The van der Waals surface area contributed by atoms with Crippen molar-refractivity contribution in [2.45, 2.75) is 58.0 Å². The molecule has 31 heavy (non-hydrogen) atoms. The molecule has 6 nitrogen and oxygen atoms in total. The minimum Gasteiger partial charge on any atom is -0.467 e. The number of aromatic nitrogens is 2. The van der Waals surface area contributed by atoms with E-state index in [2.05, 4.69) is 43.2 Å². The Bertz CT molecular complexity index is 1010. The van der Waals surface area contributed by atoms with Gasteiger partial charge in [-0.1, -0.05) is 51.1 Å². The van der Waals surface area contributed by atoms with Crippen LogP contribution in [-0.4, -0.2) is 33.4 Å². The number of nitrogens with one attached hydrogen (secondary N) is 1. The van der Waals surface area contributed by atoms with Crippen molar-refractivity contribution in [3.63, 3.8) is 0 Å². The molecule has 6 heteroatoms. The maximum absolute atomic E-state index is 13.6. The second-order valence-electron chi connectivity index (χ2n) is 9.12. The van der Waals surface area contributed by atoms with Crippen molar-refractivity contribution in [1.82, 2.24) is 14.9 Å². The van der Waals surface area contributed by atoms with Gasteiger partial charge in [0.05, 0.1) is 12.8 Å². The van der Waals surface area contributed by atoms with Crippen LogP contribution in [-0.2, 0) is 18.4 Å². The van der Waals surface area contributed by atoms with Gasteiger partial charge in [-0.2, -0.15) is 0 Å². The number of carbonyl (C=O) groups excluding carboxylic acids is 1. The number of amides is 1. The van der Waals surface area contributed by atoms with Crippen LogP contribution in [0, 0.1) is 0 Å². The minimum atomic E-state index is -0.216. The fourth-order valence-electron chi connectivity index (χ4n) is 3.97. The smallest absolute Gasteiger partial charge is 0.259 e. The molecular formula is C25H30N4O2. The van der Waals surface area contributed by atoms with E-state index in [0.717, 1.165) is 31.6 Å². The standard InChI is InChI=1S/C25H30N4O2/c1-25(2,3)24-27-17-21(22(28-24)26-16-20-12-8-14-31-20)23(30)29-13-7-11-19(29)15-18-9-5-4-6-10-18/h4-6,8-10,12,14,17,19H,7,11,13,15-16H2,1-3H3,(H,26,27,28). The average Bonchev–Trinajstić information content (AvgIpc) is 3.44. The summed E-state index contributed by atoms with van der Waals surface area (Å²) in [5, 5.41) is 3.30. The Morgan fingerprint density at radius 2 is 2.00 bits per heavy atom. The first-order chi connectivity index (χ1) is 14.9. The lowest BCUT2D eigenvalue weighted by Crippen LogP contribution is -2.37. The van der Waals surface area contributed by atoms with Crippen LogP contribution in [0.15, 0.2) is 59.3 Å². The molecule has 1 aliphatic rings. The Hall–Kier alpha value is -3.15. The summed E-state index contributed by atoms with van der Waals surface area (Å²) in [5.74, 6) is 2.04. The molecular weight excluding hydrogens is 388 g/mol. The van der Waals surface area contributed by atoms with E-state index in [0.29, 0.717) is 23.8 Å². The monoisotopic (exact) mass is 418 g/mol. The van der Waals surface area contributed by atoms with Crippen molar-refractivity contribution in [2.24, 2.45) is 0 Å². The number of nitrogens with zero attached hydrogens (tertiary/aromatic N) is 3. The van der Waals surface area contributed by atoms with Gasteiger partial charge in [-0.15, -0.1) is 0 Å². The highest BCUT2D eigenvalue weighted by atomic mass is 16.3. The zero-order valence-electron chi connectivity index (χ0n) is 18.5. The molecule has 1 N–H and O–H groups in total. The Morgan fingerprint density at radius 1 is 1.19 bits per heavy atom. The van der Waals surface area contributed by atoms with Crippen molar-refractivity contribution in [3.05, 3.63) is 77.6 Å². The van der Waals surface area contributed by atoms with Gasteiger partial charge in [0.1, 0.15) is 23.0 Å². The molecule has 3 heterocycles. The number of benzene rings is 1. The normalized spacial score (nSPS) is 16.5. The third-order valence-electron chi connectivity index (χ3n) is 5.65. The molecule has 0 bridgehead atoms. The van der Waals surface area contributed by atoms with E-state index >= 15 is 0 Å². The van der Waals surface area contributed by atoms with Crippen LogP contribution in [0.25, 0.3) is 0 Å². The van der Waals surface area contributed by atoms with Crippen molar-refractivity contribution >= 4 is 11.7 Å². The van der Waals surface area contributed by atoms with Crippen molar-refractivity contribution in [2.75, 3.05) is 11.9 Å². The average molecular weight is 419 g/mol. The molecule has 162 valence electrons. The first-order valence-electron chi connectivity index (χ1n) is 10.9. The molecule has 1 fully saturated rings. The quantitative estimate of drug-likeness (QED) is 0.621. The van der Waals surface area contributed by atoms with Gasteiger partial charge in [-0.3, -0.25) is 4.79 Å². The summed E-state index contributed by atoms with van der Waals surface area (Å²) in [4.78, 5) is 24.8. The molecule has 3 aromatic rings. The van der Waals surface area contributed by atoms with Gasteiger partial charge in [0.2, 0.25) is 0 Å². The number of rotatable bonds is 6. The summed E-state index contributed by atoms with van der Waals surface area (Å²) >= 11 is 0. The molecule has 1 unspecified atom stereocenters. The van der Waals surface area contributed by atoms with E-state index in [4.69, 9.17) is 9.40 Å². The molecule has 1 aliphatic heterocycles. The van der Waals surface area contributed by atoms with Crippen molar-refractivity contribution in [3.8, 4) is 0 Å².